The SMILES string of the molecule is N=c1nc(N)c2nc(CNCc3ccc(Cl)c(Cl)c3)cn(O)c-2n1. The van der Waals surface area contributed by atoms with Crippen molar-refractivity contribution in [3.05, 3.63) is 51.3 Å². The van der Waals surface area contributed by atoms with Crippen LogP contribution in [0.2, 0.25) is 10.0 Å². The van der Waals surface area contributed by atoms with Gasteiger partial charge in [-0.2, -0.15) is 14.7 Å². The summed E-state index contributed by atoms with van der Waals surface area (Å²) in [5.41, 5.74) is 7.20. The number of anilines is 1. The number of halogens is 2. The van der Waals surface area contributed by atoms with Crippen LogP contribution in [0.4, 0.5) is 5.82 Å². The molecule has 0 aromatic heterocycles. The molecule has 0 fully saturated rings. The van der Waals surface area contributed by atoms with Crippen LogP contribution in [0.25, 0.3) is 11.5 Å². The van der Waals surface area contributed by atoms with E-state index >= 15 is 0 Å². The minimum absolute atomic E-state index is 0.0409. The number of nitrogen functional groups attached to an aromatic ring is 1. The molecule has 0 bridgehead atoms. The zero-order valence-corrected chi connectivity index (χ0v) is 13.8. The Balaban J connectivity index is 1.77. The maximum absolute atomic E-state index is 9.97. The highest BCUT2D eigenvalue weighted by molar-refractivity contribution is 6.42. The van der Waals surface area contributed by atoms with Crippen LogP contribution < -0.4 is 16.7 Å². The molecule has 0 spiro atoms. The topological polar surface area (TPSA) is 126 Å². The van der Waals surface area contributed by atoms with Crippen LogP contribution in [0.1, 0.15) is 11.3 Å². The molecule has 124 valence electrons. The summed E-state index contributed by atoms with van der Waals surface area (Å²) in [6.07, 6.45) is 1.40. The van der Waals surface area contributed by atoms with Gasteiger partial charge in [-0.05, 0) is 17.7 Å². The smallest absolute Gasteiger partial charge is 0.246 e. The van der Waals surface area contributed by atoms with Crippen molar-refractivity contribution < 1.29 is 5.21 Å². The molecular formula is C14H13Cl2N7O. The molecule has 0 atom stereocenters. The Morgan fingerprint density at radius 3 is 2.71 bits per heavy atom. The molecule has 0 saturated heterocycles. The van der Waals surface area contributed by atoms with Gasteiger partial charge in [0.15, 0.2) is 11.5 Å². The van der Waals surface area contributed by atoms with Gasteiger partial charge >= 0.3 is 0 Å². The summed E-state index contributed by atoms with van der Waals surface area (Å²) in [6.45, 7) is 0.915. The predicted octanol–water partition coefficient (Wildman–Crippen LogP) is 1.67. The van der Waals surface area contributed by atoms with Crippen molar-refractivity contribution in [3.63, 3.8) is 0 Å². The highest BCUT2D eigenvalue weighted by Crippen LogP contribution is 2.22. The number of nitrogens with two attached hydrogens (primary N) is 1. The summed E-state index contributed by atoms with van der Waals surface area (Å²) in [6, 6.07) is 5.37. The van der Waals surface area contributed by atoms with E-state index in [0.717, 1.165) is 10.3 Å². The quantitative estimate of drug-likeness (QED) is 0.521. The number of nitrogens with one attached hydrogen (secondary N) is 2. The molecule has 1 aromatic carbocycles. The van der Waals surface area contributed by atoms with Crippen molar-refractivity contribution in [2.45, 2.75) is 13.1 Å². The molecular weight excluding hydrogens is 353 g/mol. The maximum atomic E-state index is 9.97. The lowest BCUT2D eigenvalue weighted by molar-refractivity contribution is 0.183. The van der Waals surface area contributed by atoms with E-state index in [0.29, 0.717) is 28.8 Å². The molecule has 8 nitrogen and oxygen atoms in total. The fraction of sp³-hybridized carbons (Fsp3) is 0.143. The third-order valence-electron chi connectivity index (χ3n) is 3.26. The number of fused-ring (bicyclic) bond motifs is 1. The summed E-state index contributed by atoms with van der Waals surface area (Å²) in [5.74, 6) is 0.125. The number of benzene rings is 1. The normalized spacial score (nSPS) is 11.1. The van der Waals surface area contributed by atoms with E-state index in [1.165, 1.54) is 6.20 Å². The Kier molecular flexibility index (Phi) is 4.52. The number of nitrogens with zero attached hydrogens (tertiary/aromatic N) is 4. The van der Waals surface area contributed by atoms with Gasteiger partial charge in [-0.1, -0.05) is 29.3 Å². The maximum Gasteiger partial charge on any atom is 0.246 e. The van der Waals surface area contributed by atoms with E-state index in [-0.39, 0.29) is 23.0 Å². The fourth-order valence-electron chi connectivity index (χ4n) is 2.17. The first kappa shape index (κ1) is 16.4. The monoisotopic (exact) mass is 365 g/mol. The highest BCUT2D eigenvalue weighted by atomic mass is 35.5. The lowest BCUT2D eigenvalue weighted by Crippen LogP contribution is -2.22. The first-order valence-electron chi connectivity index (χ1n) is 6.88. The van der Waals surface area contributed by atoms with Gasteiger partial charge in [0.2, 0.25) is 11.4 Å². The number of hydrogen-bond acceptors (Lipinski definition) is 7. The van der Waals surface area contributed by atoms with E-state index in [1.807, 2.05) is 6.07 Å². The van der Waals surface area contributed by atoms with Gasteiger partial charge in [-0.15, -0.1) is 0 Å². The van der Waals surface area contributed by atoms with E-state index < -0.39 is 0 Å². The average Bonchev–Trinajstić information content (AvgIpc) is 2.52. The Morgan fingerprint density at radius 2 is 1.96 bits per heavy atom. The van der Waals surface area contributed by atoms with Gasteiger partial charge in [0.25, 0.3) is 0 Å². The minimum atomic E-state index is -0.282. The molecule has 3 rings (SSSR count). The van der Waals surface area contributed by atoms with Crippen molar-refractivity contribution in [2.75, 3.05) is 5.73 Å². The number of aromatic nitrogens is 4. The van der Waals surface area contributed by atoms with Crippen LogP contribution >= 0.6 is 23.2 Å². The van der Waals surface area contributed by atoms with Gasteiger partial charge in [-0.3, -0.25) is 5.41 Å². The van der Waals surface area contributed by atoms with Crippen LogP contribution in [0, 0.1) is 5.41 Å². The minimum Gasteiger partial charge on any atom is -0.427 e. The standard InChI is InChI=1S/C14H13Cl2N7O/c15-9-2-1-7(3-10(9)16)4-19-5-8-6-23(24)13-11(20-8)12(17)21-14(18)22-13/h1-3,6,19,24H,4-5H2,(H3,17,18,21). The second-order valence-electron chi connectivity index (χ2n) is 5.03. The van der Waals surface area contributed by atoms with Gasteiger partial charge < -0.3 is 16.3 Å². The molecule has 2 heterocycles. The second-order valence-corrected chi connectivity index (χ2v) is 5.85. The Labute approximate surface area is 146 Å². The summed E-state index contributed by atoms with van der Waals surface area (Å²) >= 11 is 11.9. The Morgan fingerprint density at radius 1 is 1.17 bits per heavy atom. The third-order valence-corrected chi connectivity index (χ3v) is 3.99. The van der Waals surface area contributed by atoms with Crippen molar-refractivity contribution in [1.82, 2.24) is 25.0 Å². The molecule has 0 amide bonds. The Hall–Kier alpha value is -2.42. The zero-order valence-electron chi connectivity index (χ0n) is 12.3. The molecule has 24 heavy (non-hydrogen) atoms. The largest absolute Gasteiger partial charge is 0.427 e. The molecule has 0 aliphatic carbocycles. The fourth-order valence-corrected chi connectivity index (χ4v) is 2.49. The van der Waals surface area contributed by atoms with Crippen LogP contribution in [0.5, 0.6) is 0 Å². The van der Waals surface area contributed by atoms with Crippen molar-refractivity contribution in [1.29, 1.82) is 5.41 Å². The first-order chi connectivity index (χ1) is 11.4. The molecule has 2 aliphatic rings. The molecule has 10 heteroatoms. The summed E-state index contributed by atoms with van der Waals surface area (Å²) in [5, 5.41) is 21.6. The van der Waals surface area contributed by atoms with Crippen LogP contribution in [-0.2, 0) is 13.1 Å². The summed E-state index contributed by atoms with van der Waals surface area (Å²) in [7, 11) is 0. The second kappa shape index (κ2) is 6.60. The van der Waals surface area contributed by atoms with Crippen LogP contribution in [-0.4, -0.2) is 24.9 Å². The van der Waals surface area contributed by atoms with Gasteiger partial charge in [-0.25, -0.2) is 4.98 Å². The van der Waals surface area contributed by atoms with Gasteiger partial charge in [0.05, 0.1) is 21.9 Å². The number of rotatable bonds is 4. The van der Waals surface area contributed by atoms with Gasteiger partial charge in [0.1, 0.15) is 0 Å². The lowest BCUT2D eigenvalue weighted by Gasteiger charge is -2.12. The molecule has 5 N–H and O–H groups in total. The van der Waals surface area contributed by atoms with Crippen LogP contribution in [0.15, 0.2) is 24.4 Å². The lowest BCUT2D eigenvalue weighted by atomic mass is 10.2. The zero-order chi connectivity index (χ0) is 17.3. The summed E-state index contributed by atoms with van der Waals surface area (Å²) < 4.78 is 0.786. The first-order valence-corrected chi connectivity index (χ1v) is 7.64. The van der Waals surface area contributed by atoms with Crippen molar-refractivity contribution >= 4 is 29.0 Å². The average molecular weight is 366 g/mol. The van der Waals surface area contributed by atoms with Gasteiger partial charge in [0, 0.05) is 13.1 Å². The third kappa shape index (κ3) is 3.40. The van der Waals surface area contributed by atoms with Crippen LogP contribution in [0.3, 0.4) is 0 Å². The Bertz CT molecular complexity index is 928. The van der Waals surface area contributed by atoms with E-state index in [9.17, 15) is 5.21 Å². The van der Waals surface area contributed by atoms with E-state index in [4.69, 9.17) is 34.3 Å². The molecule has 0 saturated carbocycles. The highest BCUT2D eigenvalue weighted by Gasteiger charge is 2.16. The summed E-state index contributed by atoms with van der Waals surface area (Å²) in [4.78, 5) is 11.8. The predicted molar refractivity (Wildman–Crippen MR) is 88.9 cm³/mol. The van der Waals surface area contributed by atoms with E-state index in [2.05, 4.69) is 20.3 Å². The van der Waals surface area contributed by atoms with Crippen molar-refractivity contribution in [2.24, 2.45) is 0 Å². The number of hydrogen-bond donors (Lipinski definition) is 4. The van der Waals surface area contributed by atoms with Crippen molar-refractivity contribution in [3.8, 4) is 11.5 Å². The molecule has 2 aliphatic heterocycles. The molecule has 0 unspecified atom stereocenters. The molecule has 0 radical (unpaired) electrons. The molecule has 1 aromatic rings. The van der Waals surface area contributed by atoms with E-state index in [1.54, 1.807) is 12.1 Å².